The van der Waals surface area contributed by atoms with E-state index in [1.54, 1.807) is 29.3 Å². The smallest absolute Gasteiger partial charge is 0.416 e. The molecule has 4 amide bonds. The number of benzene rings is 4. The second-order valence-electron chi connectivity index (χ2n) is 28.7. The molecule has 0 spiro atoms. The Morgan fingerprint density at radius 3 is 1.16 bits per heavy atom. The number of nitrogens with zero attached hydrogens (tertiary/aromatic N) is 4. The normalized spacial score (nSPS) is 17.8. The van der Waals surface area contributed by atoms with Gasteiger partial charge in [0.25, 0.3) is 21.9 Å². The molecule has 4 aromatic rings. The summed E-state index contributed by atoms with van der Waals surface area (Å²) in [4.78, 5) is 66.3. The average molecular weight is 1680 g/mol. The summed E-state index contributed by atoms with van der Waals surface area (Å²) in [6.07, 6.45) is 0.961. The molecule has 8 rings (SSSR count). The van der Waals surface area contributed by atoms with E-state index < -0.39 is 101 Å². The van der Waals surface area contributed by atoms with Gasteiger partial charge in [-0.25, -0.2) is 19.4 Å². The molecule has 4 atom stereocenters. The van der Waals surface area contributed by atoms with Crippen LogP contribution in [0.25, 0.3) is 11.1 Å². The van der Waals surface area contributed by atoms with E-state index >= 15 is 14.4 Å². The fourth-order valence-corrected chi connectivity index (χ4v) is 14.5. The van der Waals surface area contributed by atoms with Crippen LogP contribution in [0, 0.1) is 0 Å². The minimum atomic E-state index is -3.49. The predicted molar refractivity (Wildman–Crippen MR) is 419 cm³/mol. The Bertz CT molecular complexity index is 3910. The van der Waals surface area contributed by atoms with E-state index in [1.807, 2.05) is 74.7 Å². The van der Waals surface area contributed by atoms with Crippen molar-refractivity contribution in [1.29, 1.82) is 0 Å². The van der Waals surface area contributed by atoms with E-state index in [2.05, 4.69) is 45.7 Å². The SMILES string of the molecule is COc1ccc(C2=CN3C(=O)c4cc(OC)c(OCCCOc5cc6c(cc5OC)C(=O)N5C=C(c7ccc(OCCOCCOCCOCCOCCOCCOS(C)(=O)=O)cc7)CC5C(O[Si](C)(C)C(C)(C)C)N6C(=O)OCC(Cl)(Cl)Cl)cc4N(C(=O)OCC(Cl)(Cl)Cl)C(O[Si](C)(C)C(C)(C)C)C3C2)cc1. The summed E-state index contributed by atoms with van der Waals surface area (Å²) in [7, 11) is -4.78. The van der Waals surface area contributed by atoms with Gasteiger partial charge in [0.15, 0.2) is 52.1 Å². The monoisotopic (exact) mass is 1680 g/mol. The molecule has 0 saturated carbocycles. The Balaban J connectivity index is 0.985. The van der Waals surface area contributed by atoms with Gasteiger partial charge in [-0.15, -0.1) is 0 Å². The Hall–Kier alpha value is -5.56. The van der Waals surface area contributed by atoms with Crippen LogP contribution in [-0.2, 0) is 56.3 Å². The zero-order valence-corrected chi connectivity index (χ0v) is 70.6. The maximum absolute atomic E-state index is 15.4. The Morgan fingerprint density at radius 1 is 0.472 bits per heavy atom. The van der Waals surface area contributed by atoms with Crippen LogP contribution in [0.3, 0.4) is 0 Å². The summed E-state index contributed by atoms with van der Waals surface area (Å²) < 4.78 is 112. The largest absolute Gasteiger partial charge is 0.497 e. The van der Waals surface area contributed by atoms with Crippen molar-refractivity contribution >= 4 is 143 Å². The van der Waals surface area contributed by atoms with Gasteiger partial charge in [0, 0.05) is 31.0 Å². The number of halogens is 6. The number of carbonyl (C=O) groups excluding carboxylic acids is 4. The second kappa shape index (κ2) is 38.3. The number of methoxy groups -OCH3 is 3. The molecule has 598 valence electrons. The highest BCUT2D eigenvalue weighted by Crippen LogP contribution is 2.50. The first-order valence-electron chi connectivity index (χ1n) is 35.0. The van der Waals surface area contributed by atoms with Crippen LogP contribution < -0.4 is 38.2 Å². The molecule has 0 N–H and O–H groups in total. The summed E-state index contributed by atoms with van der Waals surface area (Å²) in [6, 6.07) is 19.3. The average Bonchev–Trinajstić information content (AvgIpc) is 1.58. The van der Waals surface area contributed by atoms with Crippen molar-refractivity contribution in [3.63, 3.8) is 0 Å². The van der Waals surface area contributed by atoms with E-state index in [0.29, 0.717) is 71.0 Å². The van der Waals surface area contributed by atoms with Crippen LogP contribution in [0.5, 0.6) is 34.5 Å². The molecule has 4 aliphatic rings. The second-order valence-corrected chi connectivity index (χ2v) is 44.9. The van der Waals surface area contributed by atoms with Gasteiger partial charge in [-0.3, -0.25) is 13.8 Å². The molecule has 4 aromatic carbocycles. The van der Waals surface area contributed by atoms with Crippen LogP contribution in [0.2, 0.25) is 36.3 Å². The molecule has 0 bridgehead atoms. The summed E-state index contributed by atoms with van der Waals surface area (Å²) in [5.41, 5.74) is 3.46. The maximum atomic E-state index is 15.4. The third-order valence-corrected chi connectivity index (χ3v) is 29.0. The first-order chi connectivity index (χ1) is 50.7. The lowest BCUT2D eigenvalue weighted by Crippen LogP contribution is -2.58. The molecule has 26 nitrogen and oxygen atoms in total. The van der Waals surface area contributed by atoms with Crippen molar-refractivity contribution in [2.24, 2.45) is 0 Å². The number of carbonyl (C=O) groups is 4. The number of ether oxygens (including phenoxy) is 13. The topological polar surface area (TPSA) is 263 Å². The Morgan fingerprint density at radius 2 is 0.824 bits per heavy atom. The van der Waals surface area contributed by atoms with Crippen molar-refractivity contribution in [3.8, 4) is 34.5 Å². The molecular formula is C73H98Cl6N4O22SSi2. The van der Waals surface area contributed by atoms with E-state index in [1.165, 1.54) is 48.3 Å². The van der Waals surface area contributed by atoms with Crippen molar-refractivity contribution in [2.75, 3.05) is 143 Å². The Kier molecular flexibility index (Phi) is 31.2. The van der Waals surface area contributed by atoms with Crippen molar-refractivity contribution < 1.29 is 102 Å². The standard InChI is InChI=1S/C73H98Cl6N4O22SSi2/c1-70(2,3)107(11,12)104-66-58-38-50(48-16-20-52(90-7)21-17-48)44-80(58)64(84)54-40-60(91-8)62(42-56(54)82(66)68(86)101-46-72(74,75)76)99-24-15-25-100-63-43-57-55(41-61(63)92-9)65(85)81-45-51(39-59(81)67(105-108(13,14)71(4,5)6)83(57)69(87)102-47-73(77,78)79)49-18-22-53(23-19-49)98-36-34-96-32-30-94-28-26-93-27-29-95-31-33-97-35-37-103-106(10,88)89/h16-23,40-45,58-59,66-67H,15,24-39,46-47H2,1-14H3. The first kappa shape index (κ1) is 88.0. The molecule has 0 saturated heterocycles. The highest BCUT2D eigenvalue weighted by atomic mass is 35.6. The van der Waals surface area contributed by atoms with Gasteiger partial charge in [0.05, 0.1) is 148 Å². The fourth-order valence-electron chi connectivity index (χ4n) is 11.3. The van der Waals surface area contributed by atoms with Gasteiger partial charge >= 0.3 is 12.2 Å². The zero-order chi connectivity index (χ0) is 79.2. The van der Waals surface area contributed by atoms with Gasteiger partial charge in [0.2, 0.25) is 7.59 Å². The number of hydrogen-bond donors (Lipinski definition) is 0. The van der Waals surface area contributed by atoms with E-state index in [-0.39, 0.29) is 103 Å². The summed E-state index contributed by atoms with van der Waals surface area (Å²) in [5, 5.41) is -0.781. The lowest BCUT2D eigenvalue weighted by Gasteiger charge is -2.44. The lowest BCUT2D eigenvalue weighted by molar-refractivity contribution is -0.0140. The van der Waals surface area contributed by atoms with E-state index in [9.17, 15) is 13.2 Å². The number of anilines is 2. The molecular weight excluding hydrogens is 1590 g/mol. The summed E-state index contributed by atoms with van der Waals surface area (Å²) in [6.45, 7) is 22.6. The van der Waals surface area contributed by atoms with E-state index in [4.69, 9.17) is 140 Å². The molecule has 4 unspecified atom stereocenters. The molecule has 4 heterocycles. The van der Waals surface area contributed by atoms with Gasteiger partial charge in [0.1, 0.15) is 31.3 Å². The number of fused-ring (bicyclic) bond motifs is 4. The minimum Gasteiger partial charge on any atom is -0.497 e. The van der Waals surface area contributed by atoms with Crippen molar-refractivity contribution in [3.05, 3.63) is 107 Å². The van der Waals surface area contributed by atoms with Gasteiger partial charge in [-0.2, -0.15) is 8.42 Å². The number of amides is 4. The van der Waals surface area contributed by atoms with Crippen LogP contribution in [0.1, 0.15) is 92.6 Å². The molecule has 108 heavy (non-hydrogen) atoms. The summed E-state index contributed by atoms with van der Waals surface area (Å²) in [5.74, 6) is 0.885. The van der Waals surface area contributed by atoms with Crippen LogP contribution in [-0.4, -0.2) is 224 Å². The quantitative estimate of drug-likeness (QED) is 0.0176. The third kappa shape index (κ3) is 24.0. The highest BCUT2D eigenvalue weighted by molar-refractivity contribution is 7.86. The molecule has 0 aliphatic carbocycles. The molecule has 4 aliphatic heterocycles. The van der Waals surface area contributed by atoms with Crippen molar-refractivity contribution in [1.82, 2.24) is 9.80 Å². The fraction of sp³-hybridized carbons (Fsp3) is 0.562. The maximum Gasteiger partial charge on any atom is 0.416 e. The van der Waals surface area contributed by atoms with E-state index in [0.717, 1.165) is 28.5 Å². The lowest BCUT2D eigenvalue weighted by atomic mass is 10.0. The third-order valence-electron chi connectivity index (χ3n) is 18.9. The first-order valence-corrected chi connectivity index (χ1v) is 44.9. The van der Waals surface area contributed by atoms with Gasteiger partial charge in [-0.05, 0) is 108 Å². The molecule has 0 fully saturated rings. The number of hydrogen-bond acceptors (Lipinski definition) is 22. The van der Waals surface area contributed by atoms with Crippen LogP contribution in [0.4, 0.5) is 21.0 Å². The predicted octanol–water partition coefficient (Wildman–Crippen LogP) is 14.9. The number of rotatable bonds is 37. The van der Waals surface area contributed by atoms with Crippen molar-refractivity contribution in [2.45, 2.75) is 129 Å². The summed E-state index contributed by atoms with van der Waals surface area (Å²) >= 11 is 37.3. The Labute approximate surface area is 664 Å². The zero-order valence-electron chi connectivity index (χ0n) is 63.3. The van der Waals surface area contributed by atoms with Gasteiger partial charge < -0.3 is 80.2 Å². The number of alkyl halides is 6. The minimum absolute atomic E-state index is 0.0275. The van der Waals surface area contributed by atoms with Crippen LogP contribution >= 0.6 is 69.6 Å². The van der Waals surface area contributed by atoms with Gasteiger partial charge in [-0.1, -0.05) is 135 Å². The molecule has 35 heteroatoms. The molecule has 0 aromatic heterocycles. The highest BCUT2D eigenvalue weighted by Gasteiger charge is 2.54. The van der Waals surface area contributed by atoms with Crippen LogP contribution in [0.15, 0.2) is 85.2 Å². The molecule has 0 radical (unpaired) electrons.